The van der Waals surface area contributed by atoms with Crippen LogP contribution in [-0.4, -0.2) is 7.11 Å². The van der Waals surface area contributed by atoms with E-state index in [4.69, 9.17) is 16.3 Å². The van der Waals surface area contributed by atoms with E-state index in [1.807, 2.05) is 24.3 Å². The van der Waals surface area contributed by atoms with Crippen LogP contribution < -0.4 is 10.1 Å². The van der Waals surface area contributed by atoms with Crippen molar-refractivity contribution in [2.75, 3.05) is 12.4 Å². The average molecular weight is 274 g/mol. The number of methoxy groups -OCH3 is 1. The topological polar surface area (TPSA) is 21.3 Å². The molecule has 0 amide bonds. The van der Waals surface area contributed by atoms with E-state index in [2.05, 4.69) is 24.4 Å². The average Bonchev–Trinajstić information content (AvgIpc) is 2.89. The molecule has 0 fully saturated rings. The van der Waals surface area contributed by atoms with Gasteiger partial charge in [0.25, 0.3) is 0 Å². The molecule has 2 nitrogen and oxygen atoms in total. The van der Waals surface area contributed by atoms with Gasteiger partial charge in [-0.25, -0.2) is 0 Å². The Kier molecular flexibility index (Phi) is 3.11. The van der Waals surface area contributed by atoms with Crippen molar-refractivity contribution in [2.24, 2.45) is 0 Å². The zero-order chi connectivity index (χ0) is 13.4. The lowest BCUT2D eigenvalue weighted by atomic mass is 10.0. The van der Waals surface area contributed by atoms with Gasteiger partial charge in [0.2, 0.25) is 0 Å². The molecule has 0 saturated carbocycles. The van der Waals surface area contributed by atoms with E-state index < -0.39 is 0 Å². The predicted molar refractivity (Wildman–Crippen MR) is 79.3 cm³/mol. The molecule has 0 spiro atoms. The lowest BCUT2D eigenvalue weighted by Crippen LogP contribution is -2.07. The van der Waals surface area contributed by atoms with Crippen molar-refractivity contribution in [2.45, 2.75) is 19.4 Å². The third-order valence-corrected chi connectivity index (χ3v) is 4.06. The van der Waals surface area contributed by atoms with Gasteiger partial charge in [0.05, 0.1) is 13.2 Å². The van der Waals surface area contributed by atoms with Crippen LogP contribution in [0, 0.1) is 6.92 Å². The predicted octanol–water partition coefficient (Wildman–Crippen LogP) is 4.37. The highest BCUT2D eigenvalue weighted by Crippen LogP contribution is 2.42. The maximum absolute atomic E-state index is 6.30. The molecule has 2 aromatic carbocycles. The third kappa shape index (κ3) is 2.06. The van der Waals surface area contributed by atoms with E-state index in [-0.39, 0.29) is 6.04 Å². The van der Waals surface area contributed by atoms with Crippen LogP contribution in [0.15, 0.2) is 36.4 Å². The number of nitrogens with one attached hydrogen (secondary N) is 1. The maximum Gasteiger partial charge on any atom is 0.124 e. The maximum atomic E-state index is 6.30. The number of rotatable bonds is 2. The summed E-state index contributed by atoms with van der Waals surface area (Å²) < 4.78 is 5.44. The van der Waals surface area contributed by atoms with Gasteiger partial charge < -0.3 is 10.1 Å². The summed E-state index contributed by atoms with van der Waals surface area (Å²) in [5, 5.41) is 4.41. The number of para-hydroxylation sites is 1. The third-order valence-electron chi connectivity index (χ3n) is 3.71. The molecule has 0 aliphatic carbocycles. The van der Waals surface area contributed by atoms with Gasteiger partial charge in [0.1, 0.15) is 5.75 Å². The lowest BCUT2D eigenvalue weighted by Gasteiger charge is -2.15. The van der Waals surface area contributed by atoms with E-state index in [1.54, 1.807) is 7.11 Å². The first kappa shape index (κ1) is 12.4. The molecule has 2 aromatic rings. The highest BCUT2D eigenvalue weighted by molar-refractivity contribution is 6.31. The molecule has 1 aliphatic rings. The molecule has 1 heterocycles. The number of aryl methyl sites for hydroxylation is 1. The number of hydrogen-bond donors (Lipinski definition) is 1. The fourth-order valence-corrected chi connectivity index (χ4v) is 2.95. The first-order chi connectivity index (χ1) is 9.20. The van der Waals surface area contributed by atoms with Crippen LogP contribution in [0.4, 0.5) is 5.69 Å². The Morgan fingerprint density at radius 2 is 2.00 bits per heavy atom. The van der Waals surface area contributed by atoms with Crippen molar-refractivity contribution in [3.05, 3.63) is 58.1 Å². The molecule has 98 valence electrons. The van der Waals surface area contributed by atoms with Crippen LogP contribution in [0.5, 0.6) is 5.75 Å². The van der Waals surface area contributed by atoms with Crippen molar-refractivity contribution in [1.82, 2.24) is 0 Å². The van der Waals surface area contributed by atoms with Crippen LogP contribution in [0.2, 0.25) is 5.02 Å². The largest absolute Gasteiger partial charge is 0.496 e. The molecule has 0 radical (unpaired) electrons. The Hall–Kier alpha value is -1.67. The minimum atomic E-state index is 0.227. The van der Waals surface area contributed by atoms with Gasteiger partial charge in [-0.1, -0.05) is 35.9 Å². The summed E-state index contributed by atoms with van der Waals surface area (Å²) in [5.41, 5.74) is 4.79. The quantitative estimate of drug-likeness (QED) is 0.877. The molecular formula is C16H16ClNO. The zero-order valence-corrected chi connectivity index (χ0v) is 11.8. The van der Waals surface area contributed by atoms with E-state index >= 15 is 0 Å². The molecule has 0 bridgehead atoms. The van der Waals surface area contributed by atoms with E-state index in [0.29, 0.717) is 0 Å². The molecule has 1 unspecified atom stereocenters. The second-order valence-corrected chi connectivity index (χ2v) is 5.27. The minimum Gasteiger partial charge on any atom is -0.496 e. The Balaban J connectivity index is 2.00. The summed E-state index contributed by atoms with van der Waals surface area (Å²) in [6, 6.07) is 12.4. The fraction of sp³-hybridized carbons (Fsp3) is 0.250. The van der Waals surface area contributed by atoms with Crippen molar-refractivity contribution >= 4 is 17.3 Å². The molecule has 1 atom stereocenters. The van der Waals surface area contributed by atoms with Gasteiger partial charge in [0, 0.05) is 22.7 Å². The van der Waals surface area contributed by atoms with Crippen LogP contribution in [0.25, 0.3) is 0 Å². The molecule has 1 aliphatic heterocycles. The molecular weight excluding hydrogens is 258 g/mol. The zero-order valence-electron chi connectivity index (χ0n) is 11.0. The Morgan fingerprint density at radius 1 is 1.21 bits per heavy atom. The second kappa shape index (κ2) is 4.78. The van der Waals surface area contributed by atoms with E-state index in [9.17, 15) is 0 Å². The summed E-state index contributed by atoms with van der Waals surface area (Å²) in [4.78, 5) is 0. The normalized spacial score (nSPS) is 16.9. The number of hydrogen-bond acceptors (Lipinski definition) is 2. The Bertz CT molecular complexity index is 593. The lowest BCUT2D eigenvalue weighted by molar-refractivity contribution is 0.407. The van der Waals surface area contributed by atoms with Crippen molar-refractivity contribution in [3.63, 3.8) is 0 Å². The number of ether oxygens (including phenoxy) is 1. The van der Waals surface area contributed by atoms with Crippen molar-refractivity contribution in [3.8, 4) is 5.75 Å². The second-order valence-electron chi connectivity index (χ2n) is 4.86. The fourth-order valence-electron chi connectivity index (χ4n) is 2.71. The van der Waals surface area contributed by atoms with Crippen LogP contribution in [0.3, 0.4) is 0 Å². The van der Waals surface area contributed by atoms with Gasteiger partial charge in [-0.3, -0.25) is 0 Å². The van der Waals surface area contributed by atoms with Gasteiger partial charge in [0.15, 0.2) is 0 Å². The minimum absolute atomic E-state index is 0.227. The van der Waals surface area contributed by atoms with Crippen LogP contribution in [0.1, 0.15) is 22.7 Å². The molecule has 19 heavy (non-hydrogen) atoms. The van der Waals surface area contributed by atoms with Crippen molar-refractivity contribution < 1.29 is 4.74 Å². The highest BCUT2D eigenvalue weighted by atomic mass is 35.5. The molecule has 3 heteroatoms. The number of benzene rings is 2. The van der Waals surface area contributed by atoms with Gasteiger partial charge in [-0.15, -0.1) is 0 Å². The van der Waals surface area contributed by atoms with Crippen LogP contribution in [-0.2, 0) is 6.42 Å². The summed E-state index contributed by atoms with van der Waals surface area (Å²) in [6.07, 6.45) is 0.899. The first-order valence-electron chi connectivity index (χ1n) is 6.38. The number of halogens is 1. The monoisotopic (exact) mass is 273 g/mol. The molecule has 0 aromatic heterocycles. The van der Waals surface area contributed by atoms with Crippen molar-refractivity contribution in [1.29, 1.82) is 0 Å². The smallest absolute Gasteiger partial charge is 0.124 e. The highest BCUT2D eigenvalue weighted by Gasteiger charge is 2.27. The summed E-state index contributed by atoms with van der Waals surface area (Å²) >= 11 is 6.30. The van der Waals surface area contributed by atoms with Crippen LogP contribution >= 0.6 is 11.6 Å². The summed E-state index contributed by atoms with van der Waals surface area (Å²) in [7, 11) is 1.71. The Morgan fingerprint density at radius 3 is 2.74 bits per heavy atom. The molecule has 3 rings (SSSR count). The standard InChI is InChI=1S/C16H16ClNO/c1-10-7-8-13(17)12-9-14(18-16(10)12)11-5-3-4-6-15(11)19-2/h3-8,14,18H,9H2,1-2H3. The van der Waals surface area contributed by atoms with Gasteiger partial charge in [-0.2, -0.15) is 0 Å². The Labute approximate surface area is 118 Å². The van der Waals surface area contributed by atoms with Gasteiger partial charge >= 0.3 is 0 Å². The molecule has 1 N–H and O–H groups in total. The van der Waals surface area contributed by atoms with E-state index in [1.165, 1.54) is 22.4 Å². The number of anilines is 1. The number of fused-ring (bicyclic) bond motifs is 1. The summed E-state index contributed by atoms with van der Waals surface area (Å²) in [6.45, 7) is 2.10. The first-order valence-corrected chi connectivity index (χ1v) is 6.76. The molecule has 0 saturated heterocycles. The SMILES string of the molecule is COc1ccccc1C1Cc2c(Cl)ccc(C)c2N1. The van der Waals surface area contributed by atoms with E-state index in [0.717, 1.165) is 17.2 Å². The van der Waals surface area contributed by atoms with Gasteiger partial charge in [-0.05, 0) is 30.2 Å². The summed E-state index contributed by atoms with van der Waals surface area (Å²) in [5.74, 6) is 0.918.